The van der Waals surface area contributed by atoms with Crippen molar-refractivity contribution >= 4 is 65.6 Å². The number of para-hydroxylation sites is 4. The van der Waals surface area contributed by atoms with Crippen LogP contribution in [-0.2, 0) is 0 Å². The highest BCUT2D eigenvalue weighted by molar-refractivity contribution is 6.12. The summed E-state index contributed by atoms with van der Waals surface area (Å²) in [5.74, 6) is 0. The van der Waals surface area contributed by atoms with Gasteiger partial charge in [-0.05, 0) is 83.9 Å². The molecular formula is C46H29N3O. The fraction of sp³-hybridized carbons (Fsp3) is 0. The van der Waals surface area contributed by atoms with Crippen LogP contribution in [0.4, 0.5) is 0 Å². The first-order chi connectivity index (χ1) is 24.8. The van der Waals surface area contributed by atoms with Crippen molar-refractivity contribution in [1.29, 1.82) is 0 Å². The number of benzene rings is 7. The highest BCUT2D eigenvalue weighted by Gasteiger charge is 2.18. The predicted molar refractivity (Wildman–Crippen MR) is 207 cm³/mol. The lowest BCUT2D eigenvalue weighted by Crippen LogP contribution is -1.96. The van der Waals surface area contributed by atoms with E-state index in [2.05, 4.69) is 184 Å². The molecule has 0 unspecified atom stereocenters. The second-order valence-electron chi connectivity index (χ2n) is 13.0. The van der Waals surface area contributed by atoms with E-state index in [9.17, 15) is 0 Å². The van der Waals surface area contributed by atoms with Crippen LogP contribution in [-0.4, -0.2) is 13.7 Å². The number of aromatic nitrogens is 3. The molecule has 0 saturated heterocycles. The van der Waals surface area contributed by atoms with Gasteiger partial charge >= 0.3 is 0 Å². The van der Waals surface area contributed by atoms with Crippen LogP contribution in [0.3, 0.4) is 0 Å². The maximum Gasteiger partial charge on any atom is 0.212 e. The lowest BCUT2D eigenvalue weighted by Gasteiger charge is -2.13. The van der Waals surface area contributed by atoms with Crippen molar-refractivity contribution in [2.45, 2.75) is 0 Å². The van der Waals surface area contributed by atoms with Crippen molar-refractivity contribution < 1.29 is 4.42 Å². The van der Waals surface area contributed by atoms with Crippen molar-refractivity contribution in [3.63, 3.8) is 0 Å². The van der Waals surface area contributed by atoms with Gasteiger partial charge in [0.2, 0.25) is 5.71 Å². The quantitative estimate of drug-likeness (QED) is 0.188. The van der Waals surface area contributed by atoms with E-state index < -0.39 is 0 Å². The van der Waals surface area contributed by atoms with Crippen LogP contribution in [0.15, 0.2) is 181 Å². The molecule has 0 saturated carbocycles. The van der Waals surface area contributed by atoms with E-state index in [-0.39, 0.29) is 0 Å². The summed E-state index contributed by atoms with van der Waals surface area (Å²) in [4.78, 5) is 0. The maximum atomic E-state index is 6.02. The molecule has 234 valence electrons. The predicted octanol–water partition coefficient (Wildman–Crippen LogP) is 12.2. The molecule has 0 spiro atoms. The molecular weight excluding hydrogens is 611 g/mol. The highest BCUT2D eigenvalue weighted by atomic mass is 16.3. The summed E-state index contributed by atoms with van der Waals surface area (Å²) in [7, 11) is 0. The van der Waals surface area contributed by atoms with Crippen LogP contribution in [0.25, 0.3) is 93.8 Å². The minimum absolute atomic E-state index is 0.864. The number of nitrogens with zero attached hydrogens (tertiary/aromatic N) is 3. The van der Waals surface area contributed by atoms with E-state index in [0.717, 1.165) is 44.8 Å². The van der Waals surface area contributed by atoms with Crippen LogP contribution in [0, 0.1) is 0 Å². The number of hydrogen-bond donors (Lipinski definition) is 0. The first-order valence-electron chi connectivity index (χ1n) is 17.0. The van der Waals surface area contributed by atoms with Gasteiger partial charge in [0.15, 0.2) is 0 Å². The minimum Gasteiger partial charge on any atom is -0.447 e. The van der Waals surface area contributed by atoms with E-state index in [4.69, 9.17) is 4.42 Å². The molecule has 11 aromatic rings. The average Bonchev–Trinajstić information content (AvgIpc) is 3.94. The van der Waals surface area contributed by atoms with Gasteiger partial charge in [-0.1, -0.05) is 97.1 Å². The molecule has 0 amide bonds. The highest BCUT2D eigenvalue weighted by Crippen LogP contribution is 2.38. The van der Waals surface area contributed by atoms with Crippen LogP contribution in [0.5, 0.6) is 0 Å². The maximum absolute atomic E-state index is 6.02. The van der Waals surface area contributed by atoms with E-state index in [1.165, 1.54) is 49.0 Å². The summed E-state index contributed by atoms with van der Waals surface area (Å²) in [6, 6.07) is 61.2. The molecule has 0 fully saturated rings. The van der Waals surface area contributed by atoms with Gasteiger partial charge in [0.1, 0.15) is 0 Å². The smallest absolute Gasteiger partial charge is 0.212 e. The van der Waals surface area contributed by atoms with Gasteiger partial charge in [-0.15, -0.1) is 0 Å². The largest absolute Gasteiger partial charge is 0.447 e. The monoisotopic (exact) mass is 639 g/mol. The van der Waals surface area contributed by atoms with E-state index in [1.807, 2.05) is 0 Å². The molecule has 0 bridgehead atoms. The zero-order chi connectivity index (χ0) is 32.8. The van der Waals surface area contributed by atoms with Crippen molar-refractivity contribution in [1.82, 2.24) is 13.7 Å². The Morgan fingerprint density at radius 1 is 0.300 bits per heavy atom. The van der Waals surface area contributed by atoms with Gasteiger partial charge in [0.05, 0.1) is 33.8 Å². The Balaban J connectivity index is 1.08. The second kappa shape index (κ2) is 10.4. The van der Waals surface area contributed by atoms with Crippen molar-refractivity contribution in [3.8, 4) is 28.2 Å². The van der Waals surface area contributed by atoms with Crippen LogP contribution in [0.1, 0.15) is 0 Å². The van der Waals surface area contributed by atoms with Crippen LogP contribution < -0.4 is 0 Å². The minimum atomic E-state index is 0.864. The number of rotatable bonds is 4. The molecule has 0 aliphatic carbocycles. The third-order valence-corrected chi connectivity index (χ3v) is 10.3. The second-order valence-corrected chi connectivity index (χ2v) is 13.0. The number of fused-ring (bicyclic) bond motifs is 9. The van der Waals surface area contributed by atoms with Gasteiger partial charge in [0.25, 0.3) is 0 Å². The number of furan rings is 1. The summed E-state index contributed by atoms with van der Waals surface area (Å²) in [6.45, 7) is 0. The summed E-state index contributed by atoms with van der Waals surface area (Å²) in [6.07, 6.45) is 1.78. The molecule has 4 nitrogen and oxygen atoms in total. The Kier molecular flexibility index (Phi) is 5.63. The van der Waals surface area contributed by atoms with Gasteiger partial charge < -0.3 is 13.6 Å². The molecule has 50 heavy (non-hydrogen) atoms. The van der Waals surface area contributed by atoms with E-state index >= 15 is 0 Å². The molecule has 4 aromatic heterocycles. The lowest BCUT2D eigenvalue weighted by atomic mass is 10.0. The third kappa shape index (κ3) is 3.81. The topological polar surface area (TPSA) is 27.9 Å². The fourth-order valence-electron chi connectivity index (χ4n) is 8.17. The Hall–Kier alpha value is -6.78. The Labute approximate surface area is 287 Å². The van der Waals surface area contributed by atoms with Crippen LogP contribution >= 0.6 is 0 Å². The first-order valence-corrected chi connectivity index (χ1v) is 17.0. The SMILES string of the molecule is c1cc(-c2cccc(-n3c4ccccc4c4ccoc43)c2)cc(-n2c3ccccc3c3cc(-n4c5ccccc5c5ccccc54)ccc32)c1. The number of hydrogen-bond acceptors (Lipinski definition) is 1. The normalized spacial score (nSPS) is 12.0. The van der Waals surface area contributed by atoms with Crippen molar-refractivity contribution in [3.05, 3.63) is 176 Å². The van der Waals surface area contributed by atoms with Crippen molar-refractivity contribution in [2.24, 2.45) is 0 Å². The first kappa shape index (κ1) is 27.2. The van der Waals surface area contributed by atoms with Gasteiger partial charge in [0, 0.05) is 49.4 Å². The van der Waals surface area contributed by atoms with Gasteiger partial charge in [-0.3, -0.25) is 4.57 Å². The van der Waals surface area contributed by atoms with Crippen LogP contribution in [0.2, 0.25) is 0 Å². The summed E-state index contributed by atoms with van der Waals surface area (Å²) in [5, 5.41) is 7.32. The third-order valence-electron chi connectivity index (χ3n) is 10.3. The summed E-state index contributed by atoms with van der Waals surface area (Å²) < 4.78 is 13.0. The lowest BCUT2D eigenvalue weighted by molar-refractivity contribution is 0.596. The molecule has 4 heterocycles. The average molecular weight is 640 g/mol. The Bertz CT molecular complexity index is 3060. The molecule has 4 heteroatoms. The fourth-order valence-corrected chi connectivity index (χ4v) is 8.17. The standard InChI is InChI=1S/C46H29N3O/c1-5-19-41-35(15-1)36-16-2-6-20-42(36)48(41)34-23-24-45-40(29-34)38-18-4-7-21-43(38)47(45)32-13-9-11-30(27-32)31-12-10-14-33(28-31)49-44-22-8-3-17-37(44)39-25-26-50-46(39)49/h1-29H. The Morgan fingerprint density at radius 3 is 1.32 bits per heavy atom. The summed E-state index contributed by atoms with van der Waals surface area (Å²) >= 11 is 0. The zero-order valence-corrected chi connectivity index (χ0v) is 27.0. The van der Waals surface area contributed by atoms with Crippen molar-refractivity contribution in [2.75, 3.05) is 0 Å². The molecule has 7 aromatic carbocycles. The molecule has 0 aliphatic heterocycles. The van der Waals surface area contributed by atoms with E-state index in [1.54, 1.807) is 6.26 Å². The molecule has 0 atom stereocenters. The molecule has 11 rings (SSSR count). The molecule has 0 radical (unpaired) electrons. The van der Waals surface area contributed by atoms with E-state index in [0.29, 0.717) is 0 Å². The molecule has 0 N–H and O–H groups in total. The Morgan fingerprint density at radius 2 is 0.740 bits per heavy atom. The van der Waals surface area contributed by atoms with Gasteiger partial charge in [-0.2, -0.15) is 0 Å². The summed E-state index contributed by atoms with van der Waals surface area (Å²) in [5.41, 5.74) is 12.5. The molecule has 0 aliphatic rings. The van der Waals surface area contributed by atoms with Gasteiger partial charge in [-0.25, -0.2) is 0 Å². The zero-order valence-electron chi connectivity index (χ0n) is 27.0.